The summed E-state index contributed by atoms with van der Waals surface area (Å²) in [7, 11) is 0. The third-order valence-electron chi connectivity index (χ3n) is 2.43. The summed E-state index contributed by atoms with van der Waals surface area (Å²) in [6.07, 6.45) is 1.57. The normalized spacial score (nSPS) is 12.4. The predicted octanol–water partition coefficient (Wildman–Crippen LogP) is 2.74. The number of hydrogen-bond acceptors (Lipinski definition) is 2. The molecule has 1 aromatic carbocycles. The van der Waals surface area contributed by atoms with Gasteiger partial charge in [-0.25, -0.2) is 0 Å². The van der Waals surface area contributed by atoms with Crippen LogP contribution < -0.4 is 5.73 Å². The minimum atomic E-state index is 0.257. The fraction of sp³-hybridized carbons (Fsp3) is 0.417. The van der Waals surface area contributed by atoms with Crippen LogP contribution in [0.25, 0.3) is 0 Å². The van der Waals surface area contributed by atoms with E-state index < -0.39 is 0 Å². The first-order valence-electron chi connectivity index (χ1n) is 4.94. The molecule has 1 aromatic rings. The second kappa shape index (κ2) is 4.80. The van der Waals surface area contributed by atoms with E-state index in [0.29, 0.717) is 12.3 Å². The quantitative estimate of drug-likeness (QED) is 0.743. The van der Waals surface area contributed by atoms with Gasteiger partial charge < -0.3 is 10.5 Å². The molecule has 0 aliphatic rings. The summed E-state index contributed by atoms with van der Waals surface area (Å²) in [5.41, 5.74) is 7.63. The van der Waals surface area contributed by atoms with E-state index >= 15 is 0 Å². The SMILES string of the molecule is CC(=O)CCC(C)c1ccc(N)cc1. The number of nitrogen functional groups attached to an aromatic ring is 1. The second-order valence-corrected chi connectivity index (χ2v) is 3.81. The van der Waals surface area contributed by atoms with Gasteiger partial charge >= 0.3 is 0 Å². The lowest BCUT2D eigenvalue weighted by molar-refractivity contribution is -0.117. The molecule has 0 saturated carbocycles. The van der Waals surface area contributed by atoms with Gasteiger partial charge in [0.1, 0.15) is 5.78 Å². The van der Waals surface area contributed by atoms with Crippen molar-refractivity contribution in [2.24, 2.45) is 0 Å². The molecule has 2 heteroatoms. The molecule has 2 nitrogen and oxygen atoms in total. The maximum absolute atomic E-state index is 10.8. The van der Waals surface area contributed by atoms with E-state index in [2.05, 4.69) is 6.92 Å². The molecule has 0 bridgehead atoms. The van der Waals surface area contributed by atoms with E-state index in [9.17, 15) is 4.79 Å². The summed E-state index contributed by atoms with van der Waals surface area (Å²) in [5, 5.41) is 0. The number of Topliss-reactive ketones (excluding diaryl/α,β-unsaturated/α-hetero) is 1. The fourth-order valence-electron chi connectivity index (χ4n) is 1.41. The van der Waals surface area contributed by atoms with Crippen LogP contribution in [0.3, 0.4) is 0 Å². The molecule has 0 fully saturated rings. The van der Waals surface area contributed by atoms with Crippen molar-refractivity contribution in [3.8, 4) is 0 Å². The maximum Gasteiger partial charge on any atom is 0.129 e. The largest absolute Gasteiger partial charge is 0.399 e. The number of benzene rings is 1. The van der Waals surface area contributed by atoms with E-state index in [4.69, 9.17) is 5.73 Å². The van der Waals surface area contributed by atoms with Crippen molar-refractivity contribution < 1.29 is 4.79 Å². The van der Waals surface area contributed by atoms with Crippen LogP contribution in [0.2, 0.25) is 0 Å². The highest BCUT2D eigenvalue weighted by atomic mass is 16.1. The van der Waals surface area contributed by atoms with Crippen LogP contribution in [0.1, 0.15) is 38.2 Å². The Kier molecular flexibility index (Phi) is 3.69. The van der Waals surface area contributed by atoms with Gasteiger partial charge in [0, 0.05) is 12.1 Å². The zero-order valence-corrected chi connectivity index (χ0v) is 8.79. The molecule has 1 rings (SSSR count). The number of rotatable bonds is 4. The Bertz CT molecular complexity index is 303. The smallest absolute Gasteiger partial charge is 0.129 e. The molecule has 0 aromatic heterocycles. The summed E-state index contributed by atoms with van der Waals surface area (Å²) in [6.45, 7) is 3.77. The molecule has 0 amide bonds. The second-order valence-electron chi connectivity index (χ2n) is 3.81. The monoisotopic (exact) mass is 191 g/mol. The summed E-state index contributed by atoms with van der Waals surface area (Å²) in [4.78, 5) is 10.8. The summed E-state index contributed by atoms with van der Waals surface area (Å²) in [5.74, 6) is 0.687. The van der Waals surface area contributed by atoms with Crippen molar-refractivity contribution in [3.63, 3.8) is 0 Å². The molecular formula is C12H17NO. The maximum atomic E-state index is 10.8. The van der Waals surface area contributed by atoms with E-state index in [-0.39, 0.29) is 5.78 Å². The number of ketones is 1. The van der Waals surface area contributed by atoms with Crippen LogP contribution in [0.4, 0.5) is 5.69 Å². The van der Waals surface area contributed by atoms with E-state index in [0.717, 1.165) is 12.1 Å². The Morgan fingerprint density at radius 3 is 2.43 bits per heavy atom. The van der Waals surface area contributed by atoms with Crippen molar-refractivity contribution in [2.75, 3.05) is 5.73 Å². The molecule has 1 atom stereocenters. The predicted molar refractivity (Wildman–Crippen MR) is 59.2 cm³/mol. The van der Waals surface area contributed by atoms with Gasteiger partial charge in [0.2, 0.25) is 0 Å². The summed E-state index contributed by atoms with van der Waals surface area (Å²) < 4.78 is 0. The highest BCUT2D eigenvalue weighted by Gasteiger charge is 2.06. The average Bonchev–Trinajstić information content (AvgIpc) is 2.15. The molecule has 0 aliphatic heterocycles. The standard InChI is InChI=1S/C12H17NO/c1-9(3-4-10(2)14)11-5-7-12(13)8-6-11/h5-9H,3-4,13H2,1-2H3. The third-order valence-corrected chi connectivity index (χ3v) is 2.43. The zero-order valence-electron chi connectivity index (χ0n) is 8.79. The first-order chi connectivity index (χ1) is 6.59. The molecule has 2 N–H and O–H groups in total. The molecule has 76 valence electrons. The molecule has 0 radical (unpaired) electrons. The highest BCUT2D eigenvalue weighted by Crippen LogP contribution is 2.21. The lowest BCUT2D eigenvalue weighted by Crippen LogP contribution is -1.98. The van der Waals surface area contributed by atoms with Gasteiger partial charge in [-0.05, 0) is 37.0 Å². The molecule has 0 spiro atoms. The Hall–Kier alpha value is -1.31. The Labute approximate surface area is 85.1 Å². The van der Waals surface area contributed by atoms with Gasteiger partial charge in [0.25, 0.3) is 0 Å². The van der Waals surface area contributed by atoms with Crippen molar-refractivity contribution in [2.45, 2.75) is 32.6 Å². The van der Waals surface area contributed by atoms with E-state index in [1.807, 2.05) is 24.3 Å². The molecule has 0 aliphatic carbocycles. The van der Waals surface area contributed by atoms with E-state index in [1.54, 1.807) is 6.92 Å². The molecule has 1 unspecified atom stereocenters. The van der Waals surface area contributed by atoms with Crippen LogP contribution >= 0.6 is 0 Å². The molecule has 14 heavy (non-hydrogen) atoms. The van der Waals surface area contributed by atoms with Crippen LogP contribution in [-0.4, -0.2) is 5.78 Å². The van der Waals surface area contributed by atoms with Crippen molar-refractivity contribution in [1.82, 2.24) is 0 Å². The number of hydrogen-bond donors (Lipinski definition) is 1. The minimum absolute atomic E-state index is 0.257. The topological polar surface area (TPSA) is 43.1 Å². The summed E-state index contributed by atoms with van der Waals surface area (Å²) in [6, 6.07) is 7.86. The van der Waals surface area contributed by atoms with E-state index in [1.165, 1.54) is 5.56 Å². The third kappa shape index (κ3) is 3.21. The van der Waals surface area contributed by atoms with Crippen LogP contribution in [0.15, 0.2) is 24.3 Å². The minimum Gasteiger partial charge on any atom is -0.399 e. The van der Waals surface area contributed by atoms with Crippen LogP contribution in [0.5, 0.6) is 0 Å². The molecule has 0 saturated heterocycles. The first kappa shape index (κ1) is 10.8. The van der Waals surface area contributed by atoms with Crippen LogP contribution in [0, 0.1) is 0 Å². The van der Waals surface area contributed by atoms with Gasteiger partial charge in [-0.3, -0.25) is 0 Å². The Balaban J connectivity index is 2.56. The number of carbonyl (C=O) groups excluding carboxylic acids is 1. The lowest BCUT2D eigenvalue weighted by atomic mass is 9.95. The first-order valence-corrected chi connectivity index (χ1v) is 4.94. The van der Waals surface area contributed by atoms with Crippen molar-refractivity contribution in [1.29, 1.82) is 0 Å². The Morgan fingerprint density at radius 1 is 1.36 bits per heavy atom. The van der Waals surface area contributed by atoms with Crippen LogP contribution in [-0.2, 0) is 4.79 Å². The van der Waals surface area contributed by atoms with Gasteiger partial charge in [0.15, 0.2) is 0 Å². The average molecular weight is 191 g/mol. The van der Waals surface area contributed by atoms with Crippen molar-refractivity contribution in [3.05, 3.63) is 29.8 Å². The Morgan fingerprint density at radius 2 is 1.93 bits per heavy atom. The number of nitrogens with two attached hydrogens (primary N) is 1. The number of carbonyl (C=O) groups is 1. The zero-order chi connectivity index (χ0) is 10.6. The van der Waals surface area contributed by atoms with Gasteiger partial charge in [-0.1, -0.05) is 19.1 Å². The molecular weight excluding hydrogens is 174 g/mol. The molecule has 0 heterocycles. The lowest BCUT2D eigenvalue weighted by Gasteiger charge is -2.10. The number of anilines is 1. The van der Waals surface area contributed by atoms with Gasteiger partial charge in [-0.15, -0.1) is 0 Å². The van der Waals surface area contributed by atoms with Gasteiger partial charge in [0.05, 0.1) is 0 Å². The fourth-order valence-corrected chi connectivity index (χ4v) is 1.41. The van der Waals surface area contributed by atoms with Crippen molar-refractivity contribution >= 4 is 11.5 Å². The van der Waals surface area contributed by atoms with Gasteiger partial charge in [-0.2, -0.15) is 0 Å². The highest BCUT2D eigenvalue weighted by molar-refractivity contribution is 5.75. The summed E-state index contributed by atoms with van der Waals surface area (Å²) >= 11 is 0.